The van der Waals surface area contributed by atoms with Crippen LogP contribution in [0.25, 0.3) is 11.3 Å². The van der Waals surface area contributed by atoms with E-state index in [0.29, 0.717) is 0 Å². The molecule has 88 valence electrons. The maximum Gasteiger partial charge on any atom is 0.130 e. The first kappa shape index (κ1) is 12.1. The standard InChI is InChI=1S/C14H16N2S/c1-10-3-5-12(6-4-10)13-9-11(2)15-14(16-13)7-8-17/h3-6,9,17H,7-8H2,1-2H3. The van der Waals surface area contributed by atoms with Gasteiger partial charge in [-0.05, 0) is 25.7 Å². The molecule has 0 saturated heterocycles. The van der Waals surface area contributed by atoms with Crippen LogP contribution in [0.3, 0.4) is 0 Å². The second-order valence-electron chi connectivity index (χ2n) is 4.15. The summed E-state index contributed by atoms with van der Waals surface area (Å²) in [6.07, 6.45) is 0.809. The van der Waals surface area contributed by atoms with Crippen LogP contribution in [0, 0.1) is 13.8 Å². The monoisotopic (exact) mass is 244 g/mol. The molecule has 3 heteroatoms. The summed E-state index contributed by atoms with van der Waals surface area (Å²) < 4.78 is 0. The molecule has 0 saturated carbocycles. The van der Waals surface area contributed by atoms with Gasteiger partial charge in [0.2, 0.25) is 0 Å². The number of hydrogen-bond acceptors (Lipinski definition) is 3. The van der Waals surface area contributed by atoms with E-state index >= 15 is 0 Å². The highest BCUT2D eigenvalue weighted by molar-refractivity contribution is 7.80. The molecular weight excluding hydrogens is 228 g/mol. The molecule has 2 aromatic rings. The van der Waals surface area contributed by atoms with Crippen LogP contribution in [0.5, 0.6) is 0 Å². The minimum Gasteiger partial charge on any atom is -0.238 e. The summed E-state index contributed by atoms with van der Waals surface area (Å²) in [5.74, 6) is 1.65. The van der Waals surface area contributed by atoms with E-state index in [2.05, 4.69) is 53.8 Å². The minimum atomic E-state index is 0.775. The molecule has 0 aliphatic carbocycles. The fraction of sp³-hybridized carbons (Fsp3) is 0.286. The smallest absolute Gasteiger partial charge is 0.130 e. The summed E-state index contributed by atoms with van der Waals surface area (Å²) >= 11 is 4.22. The average molecular weight is 244 g/mol. The molecule has 0 aliphatic heterocycles. The van der Waals surface area contributed by atoms with Crippen molar-refractivity contribution in [3.63, 3.8) is 0 Å². The van der Waals surface area contributed by atoms with E-state index in [9.17, 15) is 0 Å². The van der Waals surface area contributed by atoms with Gasteiger partial charge in [0.05, 0.1) is 5.69 Å². The summed E-state index contributed by atoms with van der Waals surface area (Å²) in [5, 5.41) is 0. The fourth-order valence-electron chi connectivity index (χ4n) is 1.71. The molecule has 1 heterocycles. The van der Waals surface area contributed by atoms with Gasteiger partial charge < -0.3 is 0 Å². The Bertz CT molecular complexity index is 506. The number of aromatic nitrogens is 2. The van der Waals surface area contributed by atoms with Crippen LogP contribution in [-0.2, 0) is 6.42 Å². The Hall–Kier alpha value is -1.35. The molecule has 0 aliphatic rings. The molecule has 0 spiro atoms. The summed E-state index contributed by atoms with van der Waals surface area (Å²) in [4.78, 5) is 8.97. The van der Waals surface area contributed by atoms with Crippen molar-refractivity contribution in [1.29, 1.82) is 0 Å². The van der Waals surface area contributed by atoms with Crippen molar-refractivity contribution in [3.05, 3.63) is 47.4 Å². The van der Waals surface area contributed by atoms with Gasteiger partial charge in [-0.25, -0.2) is 9.97 Å². The van der Waals surface area contributed by atoms with Crippen molar-refractivity contribution in [2.24, 2.45) is 0 Å². The summed E-state index contributed by atoms with van der Waals surface area (Å²) in [5.41, 5.74) is 4.40. The fourth-order valence-corrected chi connectivity index (χ4v) is 1.91. The molecule has 0 N–H and O–H groups in total. The van der Waals surface area contributed by atoms with Crippen molar-refractivity contribution in [2.45, 2.75) is 20.3 Å². The van der Waals surface area contributed by atoms with Gasteiger partial charge in [0.25, 0.3) is 0 Å². The molecule has 1 aromatic carbocycles. The first-order chi connectivity index (χ1) is 8.19. The number of nitrogens with zero attached hydrogens (tertiary/aromatic N) is 2. The highest BCUT2D eigenvalue weighted by atomic mass is 32.1. The zero-order valence-electron chi connectivity index (χ0n) is 10.1. The molecule has 17 heavy (non-hydrogen) atoms. The molecule has 0 atom stereocenters. The van der Waals surface area contributed by atoms with Crippen LogP contribution in [0.4, 0.5) is 0 Å². The number of benzene rings is 1. The number of rotatable bonds is 3. The maximum absolute atomic E-state index is 4.56. The SMILES string of the molecule is Cc1ccc(-c2cc(C)nc(CCS)n2)cc1. The quantitative estimate of drug-likeness (QED) is 0.839. The van der Waals surface area contributed by atoms with Crippen molar-refractivity contribution in [3.8, 4) is 11.3 Å². The van der Waals surface area contributed by atoms with Gasteiger partial charge in [-0.2, -0.15) is 12.6 Å². The lowest BCUT2D eigenvalue weighted by Gasteiger charge is -2.05. The number of aryl methyl sites for hydroxylation is 3. The van der Waals surface area contributed by atoms with Crippen molar-refractivity contribution < 1.29 is 0 Å². The van der Waals surface area contributed by atoms with E-state index in [1.165, 1.54) is 5.56 Å². The topological polar surface area (TPSA) is 25.8 Å². The van der Waals surface area contributed by atoms with Crippen molar-refractivity contribution >= 4 is 12.6 Å². The highest BCUT2D eigenvalue weighted by Gasteiger charge is 2.04. The minimum absolute atomic E-state index is 0.775. The zero-order chi connectivity index (χ0) is 12.3. The van der Waals surface area contributed by atoms with E-state index in [4.69, 9.17) is 0 Å². The zero-order valence-corrected chi connectivity index (χ0v) is 11.0. The second-order valence-corrected chi connectivity index (χ2v) is 4.60. The molecule has 0 fully saturated rings. The van der Waals surface area contributed by atoms with Gasteiger partial charge in [0.15, 0.2) is 0 Å². The molecule has 0 radical (unpaired) electrons. The third-order valence-corrected chi connectivity index (χ3v) is 2.81. The first-order valence-electron chi connectivity index (χ1n) is 5.71. The second kappa shape index (κ2) is 5.32. The first-order valence-corrected chi connectivity index (χ1v) is 6.35. The van der Waals surface area contributed by atoms with Gasteiger partial charge >= 0.3 is 0 Å². The lowest BCUT2D eigenvalue weighted by Crippen LogP contribution is -2.00. The van der Waals surface area contributed by atoms with Crippen LogP contribution >= 0.6 is 12.6 Å². The lowest BCUT2D eigenvalue weighted by atomic mass is 10.1. The molecule has 2 nitrogen and oxygen atoms in total. The molecule has 0 amide bonds. The number of hydrogen-bond donors (Lipinski definition) is 1. The van der Waals surface area contributed by atoms with Crippen molar-refractivity contribution in [2.75, 3.05) is 5.75 Å². The summed E-state index contributed by atoms with van der Waals surface area (Å²) in [6, 6.07) is 10.4. The van der Waals surface area contributed by atoms with Gasteiger partial charge in [0, 0.05) is 17.7 Å². The molecule has 1 aromatic heterocycles. The van der Waals surface area contributed by atoms with E-state index < -0.39 is 0 Å². The summed E-state index contributed by atoms with van der Waals surface area (Å²) in [7, 11) is 0. The van der Waals surface area contributed by atoms with Crippen LogP contribution in [0.1, 0.15) is 17.1 Å². The predicted octanol–water partition coefficient (Wildman–Crippen LogP) is 3.23. The van der Waals surface area contributed by atoms with Crippen LogP contribution in [0.2, 0.25) is 0 Å². The number of thiol groups is 1. The van der Waals surface area contributed by atoms with Gasteiger partial charge in [0.1, 0.15) is 5.82 Å². The van der Waals surface area contributed by atoms with E-state index in [-0.39, 0.29) is 0 Å². The van der Waals surface area contributed by atoms with Crippen LogP contribution < -0.4 is 0 Å². The third-order valence-electron chi connectivity index (χ3n) is 2.58. The van der Waals surface area contributed by atoms with E-state index in [0.717, 1.165) is 34.9 Å². The Morgan fingerprint density at radius 3 is 2.41 bits per heavy atom. The average Bonchev–Trinajstić information content (AvgIpc) is 2.29. The lowest BCUT2D eigenvalue weighted by molar-refractivity contribution is 0.930. The van der Waals surface area contributed by atoms with E-state index in [1.54, 1.807) is 0 Å². The van der Waals surface area contributed by atoms with Gasteiger partial charge in [-0.1, -0.05) is 29.8 Å². The van der Waals surface area contributed by atoms with Gasteiger partial charge in [-0.3, -0.25) is 0 Å². The molecule has 2 rings (SSSR count). The third kappa shape index (κ3) is 3.07. The molecular formula is C14H16N2S. The Balaban J connectivity index is 2.40. The van der Waals surface area contributed by atoms with Crippen molar-refractivity contribution in [1.82, 2.24) is 9.97 Å². The highest BCUT2D eigenvalue weighted by Crippen LogP contribution is 2.18. The Kier molecular flexibility index (Phi) is 3.79. The Morgan fingerprint density at radius 1 is 1.06 bits per heavy atom. The Morgan fingerprint density at radius 2 is 1.76 bits per heavy atom. The van der Waals surface area contributed by atoms with Gasteiger partial charge in [-0.15, -0.1) is 0 Å². The van der Waals surface area contributed by atoms with E-state index in [1.807, 2.05) is 13.0 Å². The van der Waals surface area contributed by atoms with Crippen LogP contribution in [0.15, 0.2) is 30.3 Å². The summed E-state index contributed by atoms with van der Waals surface area (Å²) in [6.45, 7) is 4.09. The van der Waals surface area contributed by atoms with Crippen LogP contribution in [-0.4, -0.2) is 15.7 Å². The predicted molar refractivity (Wildman–Crippen MR) is 74.5 cm³/mol. The molecule has 0 unspecified atom stereocenters. The maximum atomic E-state index is 4.56. The molecule has 0 bridgehead atoms. The normalized spacial score (nSPS) is 10.5. The largest absolute Gasteiger partial charge is 0.238 e. The Labute approximate surface area is 108 Å².